The Bertz CT molecular complexity index is 362. The first-order valence-electron chi connectivity index (χ1n) is 7.07. The third kappa shape index (κ3) is 2.26. The fourth-order valence-corrected chi connectivity index (χ4v) is 3.57. The third-order valence-corrected chi connectivity index (χ3v) is 4.68. The van der Waals surface area contributed by atoms with Crippen LogP contribution in [0.2, 0.25) is 0 Å². The van der Waals surface area contributed by atoms with Crippen LogP contribution in [-0.2, 0) is 0 Å². The molecular formula is C16H22O. The number of benzene rings is 1. The molecule has 2 fully saturated rings. The molecule has 0 bridgehead atoms. The van der Waals surface area contributed by atoms with E-state index in [4.69, 9.17) is 0 Å². The van der Waals surface area contributed by atoms with Gasteiger partial charge in [-0.3, -0.25) is 0 Å². The molecule has 1 heteroatoms. The molecule has 0 radical (unpaired) electrons. The lowest BCUT2D eigenvalue weighted by atomic mass is 9.87. The van der Waals surface area contributed by atoms with Crippen molar-refractivity contribution in [3.05, 3.63) is 35.9 Å². The van der Waals surface area contributed by atoms with Gasteiger partial charge in [0.25, 0.3) is 0 Å². The molecule has 17 heavy (non-hydrogen) atoms. The maximum absolute atomic E-state index is 10.8. The summed E-state index contributed by atoms with van der Waals surface area (Å²) in [4.78, 5) is 0. The molecule has 2 unspecified atom stereocenters. The van der Waals surface area contributed by atoms with Crippen molar-refractivity contribution in [1.29, 1.82) is 0 Å². The van der Waals surface area contributed by atoms with E-state index >= 15 is 0 Å². The van der Waals surface area contributed by atoms with Crippen LogP contribution in [0.5, 0.6) is 0 Å². The van der Waals surface area contributed by atoms with Crippen molar-refractivity contribution in [2.75, 3.05) is 0 Å². The lowest BCUT2D eigenvalue weighted by Crippen LogP contribution is -2.31. The van der Waals surface area contributed by atoms with E-state index in [1.54, 1.807) is 0 Å². The highest BCUT2D eigenvalue weighted by molar-refractivity contribution is 5.27. The molecule has 0 heterocycles. The van der Waals surface area contributed by atoms with Crippen LogP contribution >= 0.6 is 0 Å². The van der Waals surface area contributed by atoms with E-state index in [1.807, 2.05) is 0 Å². The molecule has 2 aliphatic rings. The molecule has 3 rings (SSSR count). The summed E-state index contributed by atoms with van der Waals surface area (Å²) in [7, 11) is 0. The van der Waals surface area contributed by atoms with Crippen molar-refractivity contribution in [2.24, 2.45) is 5.92 Å². The van der Waals surface area contributed by atoms with E-state index in [0.717, 1.165) is 12.8 Å². The summed E-state index contributed by atoms with van der Waals surface area (Å²) in [6, 6.07) is 10.7. The Morgan fingerprint density at radius 2 is 1.59 bits per heavy atom. The Hall–Kier alpha value is -0.820. The molecule has 0 aliphatic heterocycles. The van der Waals surface area contributed by atoms with E-state index in [0.29, 0.717) is 11.8 Å². The molecule has 2 aliphatic carbocycles. The molecule has 0 spiro atoms. The average Bonchev–Trinajstić information content (AvgIpc) is 3.15. The molecule has 0 saturated heterocycles. The zero-order valence-corrected chi connectivity index (χ0v) is 10.4. The summed E-state index contributed by atoms with van der Waals surface area (Å²) in [6.45, 7) is 0. The van der Waals surface area contributed by atoms with E-state index in [2.05, 4.69) is 30.3 Å². The second-order valence-electron chi connectivity index (χ2n) is 5.88. The van der Waals surface area contributed by atoms with Gasteiger partial charge in [-0.15, -0.1) is 0 Å². The van der Waals surface area contributed by atoms with Crippen molar-refractivity contribution >= 4 is 0 Å². The van der Waals surface area contributed by atoms with Crippen LogP contribution in [0.4, 0.5) is 0 Å². The Morgan fingerprint density at radius 1 is 0.941 bits per heavy atom. The SMILES string of the molecule is OC1(C2CC2c2ccccc2)CCCCCC1. The summed E-state index contributed by atoms with van der Waals surface area (Å²) in [6.07, 6.45) is 8.31. The summed E-state index contributed by atoms with van der Waals surface area (Å²) in [5, 5.41) is 10.8. The second-order valence-corrected chi connectivity index (χ2v) is 5.88. The zero-order chi connectivity index (χ0) is 11.7. The van der Waals surface area contributed by atoms with Crippen molar-refractivity contribution < 1.29 is 5.11 Å². The van der Waals surface area contributed by atoms with Gasteiger partial charge in [0.15, 0.2) is 0 Å². The topological polar surface area (TPSA) is 20.2 Å². The van der Waals surface area contributed by atoms with Gasteiger partial charge in [0, 0.05) is 0 Å². The number of hydrogen-bond acceptors (Lipinski definition) is 1. The van der Waals surface area contributed by atoms with Crippen LogP contribution in [-0.4, -0.2) is 10.7 Å². The van der Waals surface area contributed by atoms with Crippen molar-refractivity contribution in [1.82, 2.24) is 0 Å². The fourth-order valence-electron chi connectivity index (χ4n) is 3.57. The van der Waals surface area contributed by atoms with Crippen LogP contribution in [0, 0.1) is 5.92 Å². The van der Waals surface area contributed by atoms with E-state index < -0.39 is 0 Å². The Balaban J connectivity index is 1.71. The standard InChI is InChI=1S/C16H22O/c17-16(10-6-1-2-7-11-16)15-12-14(15)13-8-4-3-5-9-13/h3-5,8-9,14-15,17H,1-2,6-7,10-12H2. The van der Waals surface area contributed by atoms with E-state index in [-0.39, 0.29) is 5.60 Å². The van der Waals surface area contributed by atoms with Gasteiger partial charge in [-0.25, -0.2) is 0 Å². The second kappa shape index (κ2) is 4.45. The van der Waals surface area contributed by atoms with Gasteiger partial charge in [0.1, 0.15) is 0 Å². The molecule has 0 aromatic heterocycles. The molecule has 2 atom stereocenters. The third-order valence-electron chi connectivity index (χ3n) is 4.68. The van der Waals surface area contributed by atoms with Crippen LogP contribution in [0.3, 0.4) is 0 Å². The first-order valence-corrected chi connectivity index (χ1v) is 7.07. The van der Waals surface area contributed by atoms with Crippen molar-refractivity contribution in [2.45, 2.75) is 56.5 Å². The Kier molecular flexibility index (Phi) is 2.96. The lowest BCUT2D eigenvalue weighted by molar-refractivity contribution is 0.000868. The summed E-state index contributed by atoms with van der Waals surface area (Å²) in [5.41, 5.74) is 1.08. The smallest absolute Gasteiger partial charge is 0.0681 e. The minimum Gasteiger partial charge on any atom is -0.390 e. The molecule has 2 saturated carbocycles. The quantitative estimate of drug-likeness (QED) is 0.764. The summed E-state index contributed by atoms with van der Waals surface area (Å²) in [5.74, 6) is 1.15. The largest absolute Gasteiger partial charge is 0.390 e. The first-order chi connectivity index (χ1) is 8.30. The normalized spacial score (nSPS) is 31.8. The Labute approximate surface area is 104 Å². The van der Waals surface area contributed by atoms with Gasteiger partial charge in [0.05, 0.1) is 5.60 Å². The van der Waals surface area contributed by atoms with E-state index in [9.17, 15) is 5.11 Å². The highest BCUT2D eigenvalue weighted by Gasteiger charge is 2.51. The van der Waals surface area contributed by atoms with Crippen molar-refractivity contribution in [3.8, 4) is 0 Å². The molecule has 1 aromatic rings. The maximum Gasteiger partial charge on any atom is 0.0681 e. The maximum atomic E-state index is 10.8. The van der Waals surface area contributed by atoms with E-state index in [1.165, 1.54) is 37.7 Å². The van der Waals surface area contributed by atoms with Crippen LogP contribution in [0.25, 0.3) is 0 Å². The fraction of sp³-hybridized carbons (Fsp3) is 0.625. The van der Waals surface area contributed by atoms with Gasteiger partial charge in [-0.05, 0) is 36.7 Å². The minimum atomic E-state index is -0.350. The van der Waals surface area contributed by atoms with Gasteiger partial charge >= 0.3 is 0 Å². The number of rotatable bonds is 2. The highest BCUT2D eigenvalue weighted by Crippen LogP contribution is 2.56. The van der Waals surface area contributed by atoms with Gasteiger partial charge in [-0.1, -0.05) is 56.0 Å². The van der Waals surface area contributed by atoms with Crippen LogP contribution in [0.15, 0.2) is 30.3 Å². The molecule has 1 N–H and O–H groups in total. The van der Waals surface area contributed by atoms with Gasteiger partial charge in [-0.2, -0.15) is 0 Å². The minimum absolute atomic E-state index is 0.350. The molecule has 0 amide bonds. The number of hydrogen-bond donors (Lipinski definition) is 1. The van der Waals surface area contributed by atoms with Crippen LogP contribution < -0.4 is 0 Å². The molecular weight excluding hydrogens is 208 g/mol. The van der Waals surface area contributed by atoms with Gasteiger partial charge in [0.2, 0.25) is 0 Å². The lowest BCUT2D eigenvalue weighted by Gasteiger charge is -2.27. The van der Waals surface area contributed by atoms with Gasteiger partial charge < -0.3 is 5.11 Å². The predicted octanol–water partition coefficient (Wildman–Crippen LogP) is 3.88. The summed E-state index contributed by atoms with van der Waals surface area (Å²) < 4.78 is 0. The molecule has 92 valence electrons. The highest BCUT2D eigenvalue weighted by atomic mass is 16.3. The number of aliphatic hydroxyl groups is 1. The molecule has 1 nitrogen and oxygen atoms in total. The van der Waals surface area contributed by atoms with Crippen molar-refractivity contribution in [3.63, 3.8) is 0 Å². The monoisotopic (exact) mass is 230 g/mol. The molecule has 1 aromatic carbocycles. The predicted molar refractivity (Wildman–Crippen MR) is 69.9 cm³/mol. The van der Waals surface area contributed by atoms with Crippen LogP contribution in [0.1, 0.15) is 56.4 Å². The first kappa shape index (κ1) is 11.3. The Morgan fingerprint density at radius 3 is 2.24 bits per heavy atom. The average molecular weight is 230 g/mol. The summed E-state index contributed by atoms with van der Waals surface area (Å²) >= 11 is 0. The zero-order valence-electron chi connectivity index (χ0n) is 10.4.